The van der Waals surface area contributed by atoms with Crippen molar-refractivity contribution in [3.8, 4) is 28.7 Å². The van der Waals surface area contributed by atoms with Gasteiger partial charge in [-0.25, -0.2) is 4.79 Å². The molecule has 7 nitrogen and oxygen atoms in total. The van der Waals surface area contributed by atoms with E-state index in [1.807, 2.05) is 49.4 Å². The third-order valence-electron chi connectivity index (χ3n) is 6.28. The number of nitriles is 1. The standard InChI is InChI=1S/C28H23N3O4/c1-15-6-4-5-7-18(15)19-12-16(8-10-22(19)33-3)24-21(14-29)27(31-2)35-26-20-13-17(30)9-11-23(20)34-28(32)25(24)26/h4-13,24,31H,30H2,1-3H3. The Morgan fingerprint density at radius 1 is 1.09 bits per heavy atom. The van der Waals surface area contributed by atoms with Gasteiger partial charge in [0.05, 0.1) is 24.0 Å². The second-order valence-electron chi connectivity index (χ2n) is 8.30. The van der Waals surface area contributed by atoms with Crippen LogP contribution in [-0.4, -0.2) is 14.2 Å². The first-order chi connectivity index (χ1) is 17.0. The summed E-state index contributed by atoms with van der Waals surface area (Å²) in [6.45, 7) is 2.02. The lowest BCUT2D eigenvalue weighted by atomic mass is 9.82. The highest BCUT2D eigenvalue weighted by atomic mass is 16.5. The first kappa shape index (κ1) is 22.1. The Morgan fingerprint density at radius 3 is 2.60 bits per heavy atom. The van der Waals surface area contributed by atoms with Gasteiger partial charge in [-0.3, -0.25) is 0 Å². The van der Waals surface area contributed by atoms with Crippen LogP contribution in [0.1, 0.15) is 22.6 Å². The zero-order valence-electron chi connectivity index (χ0n) is 19.5. The molecule has 3 N–H and O–H groups in total. The number of allylic oxidation sites excluding steroid dienone is 1. The molecule has 0 saturated heterocycles. The van der Waals surface area contributed by atoms with Gasteiger partial charge >= 0.3 is 5.63 Å². The number of fused-ring (bicyclic) bond motifs is 3. The number of benzene rings is 3. The van der Waals surface area contributed by atoms with E-state index in [0.717, 1.165) is 22.3 Å². The van der Waals surface area contributed by atoms with Crippen molar-refractivity contribution in [2.75, 3.05) is 19.9 Å². The molecule has 174 valence electrons. The average Bonchev–Trinajstić information content (AvgIpc) is 2.88. The van der Waals surface area contributed by atoms with Crippen LogP contribution in [-0.2, 0) is 0 Å². The molecule has 5 rings (SSSR count). The van der Waals surface area contributed by atoms with Crippen LogP contribution in [0.2, 0.25) is 0 Å². The molecule has 35 heavy (non-hydrogen) atoms. The fourth-order valence-corrected chi connectivity index (χ4v) is 4.62. The van der Waals surface area contributed by atoms with Gasteiger partial charge in [0.15, 0.2) is 5.75 Å². The number of hydrogen-bond acceptors (Lipinski definition) is 7. The number of anilines is 1. The first-order valence-electron chi connectivity index (χ1n) is 11.1. The number of methoxy groups -OCH3 is 1. The molecule has 0 amide bonds. The van der Waals surface area contributed by atoms with Crippen LogP contribution in [0.4, 0.5) is 5.69 Å². The number of aryl methyl sites for hydroxylation is 1. The molecular weight excluding hydrogens is 442 g/mol. The second kappa shape index (κ2) is 8.58. The number of nitrogens with zero attached hydrogens (tertiary/aromatic N) is 1. The maximum atomic E-state index is 13.3. The van der Waals surface area contributed by atoms with Gasteiger partial charge in [0, 0.05) is 18.3 Å². The van der Waals surface area contributed by atoms with E-state index in [1.54, 1.807) is 32.4 Å². The summed E-state index contributed by atoms with van der Waals surface area (Å²) in [6.07, 6.45) is 0. The van der Waals surface area contributed by atoms with E-state index >= 15 is 0 Å². The first-order valence-corrected chi connectivity index (χ1v) is 11.1. The van der Waals surface area contributed by atoms with Gasteiger partial charge in [0.25, 0.3) is 0 Å². The van der Waals surface area contributed by atoms with Crippen molar-refractivity contribution in [2.45, 2.75) is 12.8 Å². The maximum Gasteiger partial charge on any atom is 0.344 e. The maximum absolute atomic E-state index is 13.3. The normalized spacial score (nSPS) is 14.7. The van der Waals surface area contributed by atoms with Crippen LogP contribution < -0.4 is 26.1 Å². The molecule has 7 heteroatoms. The van der Waals surface area contributed by atoms with Crippen LogP contribution in [0.5, 0.6) is 11.5 Å². The Bertz CT molecular complexity index is 1610. The Balaban J connectivity index is 1.83. The van der Waals surface area contributed by atoms with Crippen molar-refractivity contribution in [1.29, 1.82) is 5.26 Å². The van der Waals surface area contributed by atoms with E-state index in [1.165, 1.54) is 0 Å². The summed E-state index contributed by atoms with van der Waals surface area (Å²) in [5.74, 6) is 0.560. The zero-order chi connectivity index (χ0) is 24.7. The number of rotatable bonds is 4. The predicted octanol–water partition coefficient (Wildman–Crippen LogP) is 4.84. The van der Waals surface area contributed by atoms with Crippen molar-refractivity contribution < 1.29 is 13.9 Å². The molecule has 0 spiro atoms. The van der Waals surface area contributed by atoms with Crippen molar-refractivity contribution in [1.82, 2.24) is 5.32 Å². The van der Waals surface area contributed by atoms with Crippen molar-refractivity contribution in [3.63, 3.8) is 0 Å². The topological polar surface area (TPSA) is 111 Å². The number of hydrogen-bond donors (Lipinski definition) is 2. The minimum atomic E-state index is -0.720. The summed E-state index contributed by atoms with van der Waals surface area (Å²) in [7, 11) is 3.29. The molecule has 0 aliphatic carbocycles. The molecule has 0 fully saturated rings. The molecule has 0 bridgehead atoms. The monoisotopic (exact) mass is 465 g/mol. The molecular formula is C28H23N3O4. The van der Waals surface area contributed by atoms with Gasteiger partial charge in [-0.15, -0.1) is 0 Å². The molecule has 0 radical (unpaired) electrons. The van der Waals surface area contributed by atoms with Gasteiger partial charge in [0.2, 0.25) is 5.88 Å². The lowest BCUT2D eigenvalue weighted by Crippen LogP contribution is -2.28. The summed E-state index contributed by atoms with van der Waals surface area (Å²) in [6, 6.07) is 20.9. The predicted molar refractivity (Wildman–Crippen MR) is 134 cm³/mol. The minimum absolute atomic E-state index is 0.250. The molecule has 2 heterocycles. The van der Waals surface area contributed by atoms with Crippen LogP contribution >= 0.6 is 0 Å². The molecule has 1 aliphatic heterocycles. The summed E-state index contributed by atoms with van der Waals surface area (Å²) in [5.41, 5.74) is 10.5. The van der Waals surface area contributed by atoms with Gasteiger partial charge in [-0.1, -0.05) is 30.3 Å². The zero-order valence-corrected chi connectivity index (χ0v) is 19.5. The van der Waals surface area contributed by atoms with E-state index in [9.17, 15) is 10.1 Å². The molecule has 4 aromatic rings. The van der Waals surface area contributed by atoms with Gasteiger partial charge in [-0.05, 0) is 53.9 Å². The third-order valence-corrected chi connectivity index (χ3v) is 6.28. The van der Waals surface area contributed by atoms with Crippen LogP contribution in [0, 0.1) is 18.3 Å². The minimum Gasteiger partial charge on any atom is -0.496 e. The largest absolute Gasteiger partial charge is 0.496 e. The van der Waals surface area contributed by atoms with E-state index < -0.39 is 11.5 Å². The van der Waals surface area contributed by atoms with Crippen molar-refractivity contribution in [2.24, 2.45) is 0 Å². The van der Waals surface area contributed by atoms with E-state index in [-0.39, 0.29) is 17.0 Å². The van der Waals surface area contributed by atoms with Gasteiger partial charge in [-0.2, -0.15) is 5.26 Å². The molecule has 3 aromatic carbocycles. The number of nitrogens with one attached hydrogen (secondary N) is 1. The fourth-order valence-electron chi connectivity index (χ4n) is 4.62. The number of nitrogens with two attached hydrogens (primary N) is 1. The number of nitrogen functional groups attached to an aromatic ring is 1. The highest BCUT2D eigenvalue weighted by Crippen LogP contribution is 2.46. The van der Waals surface area contributed by atoms with Crippen LogP contribution in [0.3, 0.4) is 0 Å². The van der Waals surface area contributed by atoms with E-state index in [2.05, 4.69) is 11.4 Å². The molecule has 1 aliphatic rings. The molecule has 1 aromatic heterocycles. The Labute approximate surface area is 202 Å². The van der Waals surface area contributed by atoms with Gasteiger partial charge < -0.3 is 24.9 Å². The SMILES string of the molecule is CNC1=C(C#N)C(c2ccc(OC)c(-c3ccccc3C)c2)c2c(c3cc(N)ccc3oc2=O)O1. The lowest BCUT2D eigenvalue weighted by molar-refractivity contribution is 0.364. The molecule has 1 unspecified atom stereocenters. The summed E-state index contributed by atoms with van der Waals surface area (Å²) >= 11 is 0. The summed E-state index contributed by atoms with van der Waals surface area (Å²) < 4.78 is 17.4. The summed E-state index contributed by atoms with van der Waals surface area (Å²) in [4.78, 5) is 13.3. The van der Waals surface area contributed by atoms with E-state index in [0.29, 0.717) is 28.2 Å². The second-order valence-corrected chi connectivity index (χ2v) is 8.30. The quantitative estimate of drug-likeness (QED) is 0.328. The van der Waals surface area contributed by atoms with Crippen LogP contribution in [0.15, 0.2) is 81.3 Å². The highest BCUT2D eigenvalue weighted by Gasteiger charge is 2.36. The Kier molecular flexibility index (Phi) is 5.42. The van der Waals surface area contributed by atoms with Crippen LogP contribution in [0.25, 0.3) is 22.1 Å². The molecule has 0 saturated carbocycles. The summed E-state index contributed by atoms with van der Waals surface area (Å²) in [5, 5.41) is 13.7. The third kappa shape index (κ3) is 3.56. The fraction of sp³-hybridized carbons (Fsp3) is 0.143. The number of ether oxygens (including phenoxy) is 2. The van der Waals surface area contributed by atoms with E-state index in [4.69, 9.17) is 19.6 Å². The smallest absolute Gasteiger partial charge is 0.344 e. The lowest BCUT2D eigenvalue weighted by Gasteiger charge is -2.28. The Hall–Kier alpha value is -4.70. The van der Waals surface area contributed by atoms with Crippen molar-refractivity contribution in [3.05, 3.63) is 99.2 Å². The highest BCUT2D eigenvalue weighted by molar-refractivity contribution is 5.88. The molecule has 1 atom stereocenters. The van der Waals surface area contributed by atoms with Crippen molar-refractivity contribution >= 4 is 16.7 Å². The Morgan fingerprint density at radius 2 is 1.89 bits per heavy atom. The average molecular weight is 466 g/mol. The van der Waals surface area contributed by atoms with Gasteiger partial charge in [0.1, 0.15) is 23.0 Å².